The second-order valence-corrected chi connectivity index (χ2v) is 13.2. The molecule has 0 fully saturated rings. The van der Waals surface area contributed by atoms with Gasteiger partial charge in [-0.2, -0.15) is 0 Å². The zero-order valence-electron chi connectivity index (χ0n) is 26.3. The fourth-order valence-electron chi connectivity index (χ4n) is 8.90. The van der Waals surface area contributed by atoms with E-state index in [0.29, 0.717) is 0 Å². The van der Waals surface area contributed by atoms with Crippen LogP contribution in [0.25, 0.3) is 110 Å². The van der Waals surface area contributed by atoms with Crippen LogP contribution in [0.2, 0.25) is 0 Å². The first kappa shape index (κ1) is 25.5. The third-order valence-corrected chi connectivity index (χ3v) is 10.8. The number of furan rings is 1. The van der Waals surface area contributed by atoms with Crippen LogP contribution in [0.1, 0.15) is 0 Å². The fourth-order valence-corrected chi connectivity index (χ4v) is 8.90. The minimum Gasteiger partial charge on any atom is -0.456 e. The maximum atomic E-state index is 6.46. The van der Waals surface area contributed by atoms with Crippen molar-refractivity contribution in [2.75, 3.05) is 0 Å². The Morgan fingerprint density at radius 1 is 0.347 bits per heavy atom. The van der Waals surface area contributed by atoms with Crippen molar-refractivity contribution in [1.29, 1.82) is 0 Å². The molecule has 0 saturated heterocycles. The summed E-state index contributed by atoms with van der Waals surface area (Å²) in [4.78, 5) is 0. The number of hydrogen-bond donors (Lipinski definition) is 0. The lowest BCUT2D eigenvalue weighted by molar-refractivity contribution is 0.669. The quantitative estimate of drug-likeness (QED) is 0.188. The monoisotopic (exact) mass is 622 g/mol. The predicted octanol–water partition coefficient (Wildman–Crippen LogP) is 12.6. The summed E-state index contributed by atoms with van der Waals surface area (Å²) in [7, 11) is 0. The number of para-hydroxylation sites is 3. The van der Waals surface area contributed by atoms with Crippen molar-refractivity contribution in [3.8, 4) is 33.6 Å². The number of nitrogens with zero attached hydrogens (tertiary/aromatic N) is 2. The Hall–Kier alpha value is -6.58. The average molecular weight is 623 g/mol. The van der Waals surface area contributed by atoms with E-state index >= 15 is 0 Å². The first-order chi connectivity index (χ1) is 24.3. The highest BCUT2D eigenvalue weighted by Crippen LogP contribution is 2.50. The van der Waals surface area contributed by atoms with Gasteiger partial charge in [-0.1, -0.05) is 103 Å². The van der Waals surface area contributed by atoms with Gasteiger partial charge in [-0.05, 0) is 87.6 Å². The van der Waals surface area contributed by atoms with Crippen LogP contribution < -0.4 is 0 Å². The zero-order valence-corrected chi connectivity index (χ0v) is 26.3. The molecule has 12 rings (SSSR count). The van der Waals surface area contributed by atoms with E-state index in [0.717, 1.165) is 27.9 Å². The standard InChI is InChI=1S/C46H26N2O/c1-2-12-28(13-3-1)47-37-18-6-4-14-33(37)44-39(47)23-22-35-43-38(24-25-41-45(43)34-15-5-7-19-40(34)49-41)48(46(35)44)29-20-21-30-31-16-8-10-27-11-9-17-32(42(27)31)36(30)26-29/h1-26H. The third kappa shape index (κ3) is 3.17. The summed E-state index contributed by atoms with van der Waals surface area (Å²) in [5.41, 5.74) is 14.1. The summed E-state index contributed by atoms with van der Waals surface area (Å²) in [6, 6.07) is 57.5. The number of hydrogen-bond acceptors (Lipinski definition) is 1. The Morgan fingerprint density at radius 2 is 1.08 bits per heavy atom. The molecule has 0 bridgehead atoms. The molecule has 0 atom stereocenters. The van der Waals surface area contributed by atoms with Gasteiger partial charge in [0, 0.05) is 43.7 Å². The van der Waals surface area contributed by atoms with E-state index in [1.807, 2.05) is 0 Å². The smallest absolute Gasteiger partial charge is 0.136 e. The SMILES string of the molecule is c1ccc(-n2c3ccccc3c3c2ccc2c4c5c(ccc4n(-c4ccc6c(c4)-c4cccc7cccc-6c47)c23)oc2ccccc25)cc1. The molecule has 0 unspecified atom stereocenters. The average Bonchev–Trinajstić information content (AvgIpc) is 3.89. The zero-order chi connectivity index (χ0) is 31.8. The van der Waals surface area contributed by atoms with Crippen LogP contribution in [0, 0.1) is 0 Å². The van der Waals surface area contributed by atoms with Crippen LogP contribution in [0.4, 0.5) is 0 Å². The largest absolute Gasteiger partial charge is 0.456 e. The van der Waals surface area contributed by atoms with Crippen molar-refractivity contribution in [2.24, 2.45) is 0 Å². The molecule has 0 radical (unpaired) electrons. The van der Waals surface area contributed by atoms with E-state index in [9.17, 15) is 0 Å². The van der Waals surface area contributed by atoms with Gasteiger partial charge < -0.3 is 13.6 Å². The maximum Gasteiger partial charge on any atom is 0.136 e. The number of aromatic nitrogens is 2. The van der Waals surface area contributed by atoms with Gasteiger partial charge in [-0.25, -0.2) is 0 Å². The first-order valence-corrected chi connectivity index (χ1v) is 16.9. The summed E-state index contributed by atoms with van der Waals surface area (Å²) in [6.07, 6.45) is 0. The van der Waals surface area contributed by atoms with Crippen molar-refractivity contribution < 1.29 is 4.42 Å². The van der Waals surface area contributed by atoms with Gasteiger partial charge in [-0.3, -0.25) is 0 Å². The maximum absolute atomic E-state index is 6.46. The molecule has 8 aromatic carbocycles. The molecule has 226 valence electrons. The molecular weight excluding hydrogens is 597 g/mol. The lowest BCUT2D eigenvalue weighted by atomic mass is 10.0. The van der Waals surface area contributed by atoms with E-state index in [1.54, 1.807) is 0 Å². The summed E-state index contributed by atoms with van der Waals surface area (Å²) < 4.78 is 11.4. The van der Waals surface area contributed by atoms with E-state index in [4.69, 9.17) is 4.42 Å². The summed E-state index contributed by atoms with van der Waals surface area (Å²) >= 11 is 0. The van der Waals surface area contributed by atoms with Gasteiger partial charge >= 0.3 is 0 Å². The van der Waals surface area contributed by atoms with Crippen molar-refractivity contribution in [3.63, 3.8) is 0 Å². The van der Waals surface area contributed by atoms with Crippen molar-refractivity contribution in [2.45, 2.75) is 0 Å². The molecule has 49 heavy (non-hydrogen) atoms. The Morgan fingerprint density at radius 3 is 1.96 bits per heavy atom. The molecule has 11 aromatic rings. The van der Waals surface area contributed by atoms with E-state index < -0.39 is 0 Å². The molecule has 0 N–H and O–H groups in total. The molecular formula is C46H26N2O. The van der Waals surface area contributed by atoms with Crippen LogP contribution in [0.5, 0.6) is 0 Å². The number of benzene rings is 8. The van der Waals surface area contributed by atoms with Crippen molar-refractivity contribution >= 4 is 76.3 Å². The second kappa shape index (κ2) is 9.06. The van der Waals surface area contributed by atoms with Gasteiger partial charge in [0.15, 0.2) is 0 Å². The highest BCUT2D eigenvalue weighted by atomic mass is 16.3. The van der Waals surface area contributed by atoms with Crippen LogP contribution in [0.3, 0.4) is 0 Å². The molecule has 3 aromatic heterocycles. The highest BCUT2D eigenvalue weighted by Gasteiger charge is 2.26. The molecule has 1 aliphatic carbocycles. The van der Waals surface area contributed by atoms with Crippen molar-refractivity contribution in [1.82, 2.24) is 9.13 Å². The van der Waals surface area contributed by atoms with Crippen LogP contribution >= 0.6 is 0 Å². The number of fused-ring (bicyclic) bond motifs is 14. The van der Waals surface area contributed by atoms with Crippen LogP contribution in [-0.4, -0.2) is 9.13 Å². The molecule has 0 aliphatic heterocycles. The van der Waals surface area contributed by atoms with Gasteiger partial charge in [0.1, 0.15) is 11.2 Å². The van der Waals surface area contributed by atoms with Crippen molar-refractivity contribution in [3.05, 3.63) is 158 Å². The third-order valence-electron chi connectivity index (χ3n) is 10.8. The number of rotatable bonds is 2. The Balaban J connectivity index is 1.29. The summed E-state index contributed by atoms with van der Waals surface area (Å²) in [5, 5.41) is 9.88. The minimum absolute atomic E-state index is 0.913. The molecule has 0 spiro atoms. The fraction of sp³-hybridized carbons (Fsp3) is 0. The predicted molar refractivity (Wildman–Crippen MR) is 204 cm³/mol. The van der Waals surface area contributed by atoms with E-state index in [1.165, 1.54) is 82.0 Å². The molecule has 0 saturated carbocycles. The Labute approximate surface area is 280 Å². The molecule has 3 heterocycles. The highest BCUT2D eigenvalue weighted by molar-refractivity contribution is 6.33. The summed E-state index contributed by atoms with van der Waals surface area (Å²) in [6.45, 7) is 0. The topological polar surface area (TPSA) is 23.0 Å². The second-order valence-electron chi connectivity index (χ2n) is 13.2. The molecule has 1 aliphatic rings. The lowest BCUT2D eigenvalue weighted by Gasteiger charge is -2.12. The van der Waals surface area contributed by atoms with Crippen LogP contribution in [-0.2, 0) is 0 Å². The van der Waals surface area contributed by atoms with E-state index in [2.05, 4.69) is 167 Å². The Kier molecular flexibility index (Phi) is 4.72. The normalized spacial score (nSPS) is 12.5. The Bertz CT molecular complexity index is 3200. The van der Waals surface area contributed by atoms with Crippen LogP contribution in [0.15, 0.2) is 162 Å². The summed E-state index contributed by atoms with van der Waals surface area (Å²) in [5.74, 6) is 0. The lowest BCUT2D eigenvalue weighted by Crippen LogP contribution is -1.96. The van der Waals surface area contributed by atoms with Gasteiger partial charge in [0.05, 0.1) is 22.1 Å². The first-order valence-electron chi connectivity index (χ1n) is 16.9. The molecule has 0 amide bonds. The van der Waals surface area contributed by atoms with E-state index in [-0.39, 0.29) is 0 Å². The molecule has 3 heteroatoms. The molecule has 3 nitrogen and oxygen atoms in total. The minimum atomic E-state index is 0.913. The van der Waals surface area contributed by atoms with Gasteiger partial charge in [-0.15, -0.1) is 0 Å². The van der Waals surface area contributed by atoms with Gasteiger partial charge in [0.2, 0.25) is 0 Å². The van der Waals surface area contributed by atoms with Gasteiger partial charge in [0.25, 0.3) is 0 Å².